The first-order chi connectivity index (χ1) is 14.1. The second kappa shape index (κ2) is 11.4. The number of nitrogens with one attached hydrogen (secondary N) is 1. The van der Waals surface area contributed by atoms with E-state index in [2.05, 4.69) is 27.5 Å². The van der Waals surface area contributed by atoms with Crippen LogP contribution in [0, 0.1) is 0 Å². The summed E-state index contributed by atoms with van der Waals surface area (Å²) in [5.41, 5.74) is 10.1. The van der Waals surface area contributed by atoms with Crippen LogP contribution in [0.1, 0.15) is 19.4 Å². The van der Waals surface area contributed by atoms with Gasteiger partial charge >= 0.3 is 0 Å². The van der Waals surface area contributed by atoms with E-state index in [9.17, 15) is 0 Å². The number of aryl methyl sites for hydroxylation is 1. The number of nitrogens with zero attached hydrogens (tertiary/aromatic N) is 3. The number of aromatic nitrogens is 2. The number of hydrogen-bond acceptors (Lipinski definition) is 4. The highest BCUT2D eigenvalue weighted by molar-refractivity contribution is 14.0. The second-order valence-corrected chi connectivity index (χ2v) is 6.45. The molecular weight excluding hydrogens is 493 g/mol. The summed E-state index contributed by atoms with van der Waals surface area (Å²) in [6, 6.07) is 13.8. The van der Waals surface area contributed by atoms with Crippen LogP contribution in [-0.2, 0) is 13.6 Å². The molecule has 0 unspecified atom stereocenters. The Kier molecular flexibility index (Phi) is 8.97. The zero-order chi connectivity index (χ0) is 20.6. The highest BCUT2D eigenvalue weighted by atomic mass is 127. The zero-order valence-electron chi connectivity index (χ0n) is 17.5. The maximum atomic E-state index is 6.12. The Morgan fingerprint density at radius 2 is 1.90 bits per heavy atom. The molecule has 3 aromatic rings. The van der Waals surface area contributed by atoms with Gasteiger partial charge in [-0.25, -0.2) is 4.99 Å². The molecular formula is C22H28IN5O2. The van der Waals surface area contributed by atoms with Gasteiger partial charge in [-0.15, -0.1) is 24.0 Å². The van der Waals surface area contributed by atoms with Crippen molar-refractivity contribution in [2.75, 3.05) is 18.5 Å². The maximum absolute atomic E-state index is 6.12. The summed E-state index contributed by atoms with van der Waals surface area (Å²) in [7, 11) is 1.90. The lowest BCUT2D eigenvalue weighted by Crippen LogP contribution is -2.23. The van der Waals surface area contributed by atoms with E-state index < -0.39 is 0 Å². The SMILES string of the molecule is CCOc1ccc(OCC)c(NC(N)=NCc2cccc(-c3cnn(C)c3)c2)c1.I. The van der Waals surface area contributed by atoms with Gasteiger partial charge in [0.05, 0.1) is 31.6 Å². The quantitative estimate of drug-likeness (QED) is 0.260. The third-order valence-electron chi connectivity index (χ3n) is 4.22. The van der Waals surface area contributed by atoms with Crippen molar-refractivity contribution in [3.8, 4) is 22.6 Å². The molecule has 0 spiro atoms. The van der Waals surface area contributed by atoms with Gasteiger partial charge in [-0.3, -0.25) is 4.68 Å². The van der Waals surface area contributed by atoms with Gasteiger partial charge in [0.25, 0.3) is 0 Å². The summed E-state index contributed by atoms with van der Waals surface area (Å²) in [6.07, 6.45) is 3.83. The molecule has 160 valence electrons. The smallest absolute Gasteiger partial charge is 0.193 e. The lowest BCUT2D eigenvalue weighted by atomic mass is 10.1. The number of guanidine groups is 1. The number of aliphatic imine (C=N–C) groups is 1. The first kappa shape index (κ1) is 23.5. The lowest BCUT2D eigenvalue weighted by Gasteiger charge is -2.14. The van der Waals surface area contributed by atoms with Crippen molar-refractivity contribution in [3.63, 3.8) is 0 Å². The largest absolute Gasteiger partial charge is 0.494 e. The Morgan fingerprint density at radius 3 is 2.60 bits per heavy atom. The highest BCUT2D eigenvalue weighted by Gasteiger charge is 2.07. The molecule has 2 aromatic carbocycles. The standard InChI is InChI=1S/C22H27N5O2.HI/c1-4-28-19-9-10-21(29-5-2)20(12-19)26-22(23)24-13-16-7-6-8-17(11-16)18-14-25-27(3)15-18;/h6-12,14-15H,4-5,13H2,1-3H3,(H3,23,24,26);1H. The first-order valence-electron chi connectivity index (χ1n) is 9.63. The first-order valence-corrected chi connectivity index (χ1v) is 9.63. The average molecular weight is 521 g/mol. The zero-order valence-corrected chi connectivity index (χ0v) is 19.8. The fourth-order valence-corrected chi connectivity index (χ4v) is 2.92. The minimum Gasteiger partial charge on any atom is -0.494 e. The number of rotatable bonds is 8. The molecule has 0 saturated carbocycles. The lowest BCUT2D eigenvalue weighted by molar-refractivity contribution is 0.332. The number of hydrogen-bond donors (Lipinski definition) is 2. The average Bonchev–Trinajstić information content (AvgIpc) is 3.15. The minimum absolute atomic E-state index is 0. The van der Waals surface area contributed by atoms with Crippen LogP contribution in [0.3, 0.4) is 0 Å². The molecule has 7 nitrogen and oxygen atoms in total. The Hall–Kier alpha value is -2.75. The summed E-state index contributed by atoms with van der Waals surface area (Å²) in [5.74, 6) is 1.76. The Balaban J connectivity index is 0.00000320. The predicted octanol–water partition coefficient (Wildman–Crippen LogP) is 4.43. The fourth-order valence-electron chi connectivity index (χ4n) is 2.92. The van der Waals surface area contributed by atoms with Gasteiger partial charge in [0.1, 0.15) is 11.5 Å². The van der Waals surface area contributed by atoms with E-state index in [0.29, 0.717) is 31.5 Å². The number of nitrogens with two attached hydrogens (primary N) is 1. The molecule has 0 atom stereocenters. The van der Waals surface area contributed by atoms with Crippen LogP contribution in [0.2, 0.25) is 0 Å². The van der Waals surface area contributed by atoms with E-state index >= 15 is 0 Å². The van der Waals surface area contributed by atoms with Gasteiger partial charge in [-0.1, -0.05) is 18.2 Å². The Labute approximate surface area is 194 Å². The molecule has 0 aliphatic heterocycles. The normalized spacial score (nSPS) is 11.0. The molecule has 0 fully saturated rings. The Bertz CT molecular complexity index is 987. The van der Waals surface area contributed by atoms with Crippen LogP contribution in [0.5, 0.6) is 11.5 Å². The predicted molar refractivity (Wildman–Crippen MR) is 132 cm³/mol. The van der Waals surface area contributed by atoms with Crippen molar-refractivity contribution >= 4 is 35.6 Å². The van der Waals surface area contributed by atoms with E-state index in [0.717, 1.165) is 28.1 Å². The molecule has 0 saturated heterocycles. The van der Waals surface area contributed by atoms with Crippen LogP contribution >= 0.6 is 24.0 Å². The van der Waals surface area contributed by atoms with Crippen molar-refractivity contribution in [2.45, 2.75) is 20.4 Å². The Morgan fingerprint density at radius 1 is 1.10 bits per heavy atom. The van der Waals surface area contributed by atoms with E-state index in [-0.39, 0.29) is 24.0 Å². The van der Waals surface area contributed by atoms with Gasteiger partial charge in [-0.05, 0) is 43.2 Å². The van der Waals surface area contributed by atoms with Gasteiger partial charge in [-0.2, -0.15) is 5.10 Å². The number of benzene rings is 2. The van der Waals surface area contributed by atoms with E-state index in [1.54, 1.807) is 4.68 Å². The van der Waals surface area contributed by atoms with Crippen molar-refractivity contribution in [1.29, 1.82) is 0 Å². The molecule has 3 rings (SSSR count). The number of anilines is 1. The van der Waals surface area contributed by atoms with E-state index in [4.69, 9.17) is 15.2 Å². The fraction of sp³-hybridized carbons (Fsp3) is 0.273. The number of ether oxygens (including phenoxy) is 2. The number of halogens is 1. The van der Waals surface area contributed by atoms with Crippen LogP contribution in [-0.4, -0.2) is 29.0 Å². The molecule has 0 radical (unpaired) electrons. The van der Waals surface area contributed by atoms with E-state index in [1.807, 2.05) is 63.6 Å². The monoisotopic (exact) mass is 521 g/mol. The third-order valence-corrected chi connectivity index (χ3v) is 4.22. The molecule has 0 amide bonds. The van der Waals surface area contributed by atoms with Crippen molar-refractivity contribution in [3.05, 3.63) is 60.4 Å². The second-order valence-electron chi connectivity index (χ2n) is 6.45. The maximum Gasteiger partial charge on any atom is 0.193 e. The van der Waals surface area contributed by atoms with Gasteiger partial charge in [0, 0.05) is 24.9 Å². The molecule has 0 bridgehead atoms. The molecule has 0 aliphatic rings. The summed E-state index contributed by atoms with van der Waals surface area (Å²) >= 11 is 0. The van der Waals surface area contributed by atoms with Crippen molar-refractivity contribution in [1.82, 2.24) is 9.78 Å². The van der Waals surface area contributed by atoms with Crippen molar-refractivity contribution < 1.29 is 9.47 Å². The molecule has 3 N–H and O–H groups in total. The summed E-state index contributed by atoms with van der Waals surface area (Å²) < 4.78 is 13.0. The summed E-state index contributed by atoms with van der Waals surface area (Å²) in [4.78, 5) is 4.47. The van der Waals surface area contributed by atoms with E-state index in [1.165, 1.54) is 0 Å². The topological polar surface area (TPSA) is 86.7 Å². The van der Waals surface area contributed by atoms with Crippen LogP contribution in [0.25, 0.3) is 11.1 Å². The summed E-state index contributed by atoms with van der Waals surface area (Å²) in [5, 5.41) is 7.35. The van der Waals surface area contributed by atoms with Gasteiger partial charge in [0.15, 0.2) is 5.96 Å². The van der Waals surface area contributed by atoms with Gasteiger partial charge < -0.3 is 20.5 Å². The summed E-state index contributed by atoms with van der Waals surface area (Å²) in [6.45, 7) is 5.49. The van der Waals surface area contributed by atoms with Crippen LogP contribution in [0.15, 0.2) is 59.9 Å². The van der Waals surface area contributed by atoms with Crippen LogP contribution in [0.4, 0.5) is 5.69 Å². The molecule has 0 aliphatic carbocycles. The van der Waals surface area contributed by atoms with Crippen molar-refractivity contribution in [2.24, 2.45) is 17.8 Å². The third kappa shape index (κ3) is 6.38. The molecule has 1 heterocycles. The van der Waals surface area contributed by atoms with Crippen LogP contribution < -0.4 is 20.5 Å². The highest BCUT2D eigenvalue weighted by Crippen LogP contribution is 2.29. The van der Waals surface area contributed by atoms with Gasteiger partial charge in [0.2, 0.25) is 0 Å². The minimum atomic E-state index is 0. The molecule has 8 heteroatoms. The molecule has 1 aromatic heterocycles. The molecule has 30 heavy (non-hydrogen) atoms.